The maximum atomic E-state index is 5.30. The molecule has 0 aliphatic carbocycles. The largest absolute Gasteiger partial charge is 0.314 e. The first-order valence-electron chi connectivity index (χ1n) is 6.11. The molecule has 0 aromatic heterocycles. The zero-order valence-electron chi connectivity index (χ0n) is 10.1. The van der Waals surface area contributed by atoms with E-state index < -0.39 is 0 Å². The van der Waals surface area contributed by atoms with Crippen LogP contribution in [0.2, 0.25) is 0 Å². The maximum absolute atomic E-state index is 5.30. The van der Waals surface area contributed by atoms with Gasteiger partial charge in [-0.15, -0.1) is 6.42 Å². The molecule has 1 N–H and O–H groups in total. The SMILES string of the molecule is C#CCN1CCC(NCCC(C)C)CC1. The Morgan fingerprint density at radius 3 is 2.60 bits per heavy atom. The Labute approximate surface area is 94.4 Å². The predicted octanol–water partition coefficient (Wildman–Crippen LogP) is 1.72. The van der Waals surface area contributed by atoms with Gasteiger partial charge in [-0.3, -0.25) is 4.90 Å². The lowest BCUT2D eigenvalue weighted by Crippen LogP contribution is -2.42. The van der Waals surface area contributed by atoms with Gasteiger partial charge in [-0.25, -0.2) is 0 Å². The smallest absolute Gasteiger partial charge is 0.0598 e. The minimum atomic E-state index is 0.720. The molecule has 0 saturated carbocycles. The normalized spacial score (nSPS) is 19.3. The Morgan fingerprint density at radius 1 is 1.40 bits per heavy atom. The fourth-order valence-electron chi connectivity index (χ4n) is 2.00. The van der Waals surface area contributed by atoms with Crippen LogP contribution in [-0.2, 0) is 0 Å². The van der Waals surface area contributed by atoms with Gasteiger partial charge in [0.15, 0.2) is 0 Å². The van der Waals surface area contributed by atoms with E-state index in [0.29, 0.717) is 0 Å². The summed E-state index contributed by atoms with van der Waals surface area (Å²) in [6, 6.07) is 0.720. The van der Waals surface area contributed by atoms with Crippen molar-refractivity contribution < 1.29 is 0 Å². The van der Waals surface area contributed by atoms with Gasteiger partial charge in [0.25, 0.3) is 0 Å². The highest BCUT2D eigenvalue weighted by Crippen LogP contribution is 2.10. The molecule has 86 valence electrons. The van der Waals surface area contributed by atoms with E-state index in [2.05, 4.69) is 30.0 Å². The molecule has 0 amide bonds. The molecule has 1 heterocycles. The fraction of sp³-hybridized carbons (Fsp3) is 0.846. The zero-order valence-corrected chi connectivity index (χ0v) is 10.1. The standard InChI is InChI=1S/C13H24N2/c1-4-9-15-10-6-13(7-11-15)14-8-5-12(2)3/h1,12-14H,5-11H2,2-3H3. The summed E-state index contributed by atoms with van der Waals surface area (Å²) < 4.78 is 0. The van der Waals surface area contributed by atoms with Crippen molar-refractivity contribution in [3.8, 4) is 12.3 Å². The number of likely N-dealkylation sites (tertiary alicyclic amines) is 1. The van der Waals surface area contributed by atoms with E-state index in [0.717, 1.165) is 38.1 Å². The lowest BCUT2D eigenvalue weighted by atomic mass is 10.0. The quantitative estimate of drug-likeness (QED) is 0.692. The van der Waals surface area contributed by atoms with Crippen molar-refractivity contribution in [3.05, 3.63) is 0 Å². The van der Waals surface area contributed by atoms with Gasteiger partial charge in [-0.05, 0) is 31.7 Å². The van der Waals surface area contributed by atoms with Gasteiger partial charge in [-0.2, -0.15) is 0 Å². The highest BCUT2D eigenvalue weighted by Gasteiger charge is 2.17. The van der Waals surface area contributed by atoms with Crippen molar-refractivity contribution in [3.63, 3.8) is 0 Å². The summed E-state index contributed by atoms with van der Waals surface area (Å²) in [5, 5.41) is 3.64. The Kier molecular flexibility index (Phi) is 5.75. The summed E-state index contributed by atoms with van der Waals surface area (Å²) in [5.74, 6) is 3.52. The molecule has 0 spiro atoms. The first-order chi connectivity index (χ1) is 7.22. The molecule has 1 saturated heterocycles. The van der Waals surface area contributed by atoms with Gasteiger partial charge >= 0.3 is 0 Å². The van der Waals surface area contributed by atoms with Crippen LogP contribution in [-0.4, -0.2) is 37.1 Å². The molecule has 1 aliphatic heterocycles. The van der Waals surface area contributed by atoms with Crippen molar-refractivity contribution in [2.75, 3.05) is 26.2 Å². The summed E-state index contributed by atoms with van der Waals surface area (Å²) in [6.45, 7) is 8.84. The molecular formula is C13H24N2. The van der Waals surface area contributed by atoms with E-state index in [1.54, 1.807) is 0 Å². The monoisotopic (exact) mass is 208 g/mol. The first-order valence-corrected chi connectivity index (χ1v) is 6.11. The molecule has 2 nitrogen and oxygen atoms in total. The molecule has 0 atom stereocenters. The molecule has 1 rings (SSSR count). The molecule has 15 heavy (non-hydrogen) atoms. The van der Waals surface area contributed by atoms with Crippen LogP contribution in [0.25, 0.3) is 0 Å². The highest BCUT2D eigenvalue weighted by molar-refractivity contribution is 4.90. The van der Waals surface area contributed by atoms with Gasteiger partial charge in [0, 0.05) is 19.1 Å². The molecule has 1 aliphatic rings. The number of piperidine rings is 1. The third-order valence-electron chi connectivity index (χ3n) is 3.06. The van der Waals surface area contributed by atoms with Crippen LogP contribution in [0.4, 0.5) is 0 Å². The summed E-state index contributed by atoms with van der Waals surface area (Å²) in [5.41, 5.74) is 0. The molecule has 0 unspecified atom stereocenters. The highest BCUT2D eigenvalue weighted by atomic mass is 15.1. The molecule has 2 heteroatoms. The van der Waals surface area contributed by atoms with Crippen LogP contribution in [0.5, 0.6) is 0 Å². The van der Waals surface area contributed by atoms with Gasteiger partial charge < -0.3 is 5.32 Å². The molecule has 0 bridgehead atoms. The van der Waals surface area contributed by atoms with Gasteiger partial charge in [0.1, 0.15) is 0 Å². The van der Waals surface area contributed by atoms with E-state index >= 15 is 0 Å². The number of rotatable bonds is 5. The van der Waals surface area contributed by atoms with Crippen molar-refractivity contribution in [1.29, 1.82) is 0 Å². The summed E-state index contributed by atoms with van der Waals surface area (Å²) in [6.07, 6.45) is 9.08. The average molecular weight is 208 g/mol. The van der Waals surface area contributed by atoms with Crippen LogP contribution in [0.1, 0.15) is 33.1 Å². The number of terminal acetylenes is 1. The summed E-state index contributed by atoms with van der Waals surface area (Å²) in [7, 11) is 0. The first kappa shape index (κ1) is 12.5. The van der Waals surface area contributed by atoms with Gasteiger partial charge in [0.2, 0.25) is 0 Å². The number of hydrogen-bond acceptors (Lipinski definition) is 2. The van der Waals surface area contributed by atoms with Gasteiger partial charge in [0.05, 0.1) is 6.54 Å². The lowest BCUT2D eigenvalue weighted by molar-refractivity contribution is 0.217. The number of nitrogens with zero attached hydrogens (tertiary/aromatic N) is 1. The zero-order chi connectivity index (χ0) is 11.1. The van der Waals surface area contributed by atoms with Crippen LogP contribution >= 0.6 is 0 Å². The Hall–Kier alpha value is -0.520. The number of hydrogen-bond donors (Lipinski definition) is 1. The third kappa shape index (κ3) is 5.20. The van der Waals surface area contributed by atoms with Gasteiger partial charge in [-0.1, -0.05) is 19.8 Å². The van der Waals surface area contributed by atoms with E-state index in [-0.39, 0.29) is 0 Å². The summed E-state index contributed by atoms with van der Waals surface area (Å²) >= 11 is 0. The van der Waals surface area contributed by atoms with E-state index in [1.807, 2.05) is 0 Å². The second-order valence-electron chi connectivity index (χ2n) is 4.89. The van der Waals surface area contributed by atoms with E-state index in [9.17, 15) is 0 Å². The van der Waals surface area contributed by atoms with E-state index in [4.69, 9.17) is 6.42 Å². The second kappa shape index (κ2) is 6.87. The van der Waals surface area contributed by atoms with Crippen LogP contribution < -0.4 is 5.32 Å². The molecular weight excluding hydrogens is 184 g/mol. The molecule has 0 radical (unpaired) electrons. The van der Waals surface area contributed by atoms with Crippen molar-refractivity contribution in [2.24, 2.45) is 5.92 Å². The van der Waals surface area contributed by atoms with Crippen molar-refractivity contribution in [2.45, 2.75) is 39.2 Å². The van der Waals surface area contributed by atoms with Crippen molar-refractivity contribution in [1.82, 2.24) is 10.2 Å². The van der Waals surface area contributed by atoms with Crippen LogP contribution in [0, 0.1) is 18.3 Å². The maximum Gasteiger partial charge on any atom is 0.0598 e. The molecule has 0 aromatic rings. The fourth-order valence-corrected chi connectivity index (χ4v) is 2.00. The second-order valence-corrected chi connectivity index (χ2v) is 4.89. The number of nitrogens with one attached hydrogen (secondary N) is 1. The summed E-state index contributed by atoms with van der Waals surface area (Å²) in [4.78, 5) is 2.36. The lowest BCUT2D eigenvalue weighted by Gasteiger charge is -2.31. The third-order valence-corrected chi connectivity index (χ3v) is 3.06. The predicted molar refractivity (Wildman–Crippen MR) is 65.8 cm³/mol. The minimum Gasteiger partial charge on any atom is -0.314 e. The Morgan fingerprint density at radius 2 is 2.07 bits per heavy atom. The van der Waals surface area contributed by atoms with Crippen molar-refractivity contribution >= 4 is 0 Å². The topological polar surface area (TPSA) is 15.3 Å². The Balaban J connectivity index is 2.07. The van der Waals surface area contributed by atoms with Crippen LogP contribution in [0.15, 0.2) is 0 Å². The van der Waals surface area contributed by atoms with Crippen LogP contribution in [0.3, 0.4) is 0 Å². The Bertz CT molecular complexity index is 197. The minimum absolute atomic E-state index is 0.720. The molecule has 1 fully saturated rings. The van der Waals surface area contributed by atoms with E-state index in [1.165, 1.54) is 19.3 Å². The average Bonchev–Trinajstić information content (AvgIpc) is 2.20. The molecule has 0 aromatic carbocycles.